The first-order valence-corrected chi connectivity index (χ1v) is 5.89. The lowest BCUT2D eigenvalue weighted by molar-refractivity contribution is -0.121. The van der Waals surface area contributed by atoms with Gasteiger partial charge in [0.05, 0.1) is 28.5 Å². The number of imidazole rings is 1. The molecule has 0 saturated carbocycles. The van der Waals surface area contributed by atoms with Crippen molar-refractivity contribution in [2.24, 2.45) is 0 Å². The number of nitrogens with one attached hydrogen (secondary N) is 1. The van der Waals surface area contributed by atoms with Gasteiger partial charge in [-0.1, -0.05) is 0 Å². The molecule has 0 aliphatic rings. The third-order valence-corrected chi connectivity index (χ3v) is 2.90. The summed E-state index contributed by atoms with van der Waals surface area (Å²) < 4.78 is 1.72. The highest BCUT2D eigenvalue weighted by Crippen LogP contribution is 2.19. The van der Waals surface area contributed by atoms with E-state index in [1.165, 1.54) is 0 Å². The van der Waals surface area contributed by atoms with Gasteiger partial charge in [-0.25, -0.2) is 4.98 Å². The lowest BCUT2D eigenvalue weighted by Crippen LogP contribution is -2.24. The second-order valence-electron chi connectivity index (χ2n) is 3.74. The molecule has 0 aliphatic carbocycles. The van der Waals surface area contributed by atoms with E-state index in [1.54, 1.807) is 29.8 Å². The summed E-state index contributed by atoms with van der Waals surface area (Å²) in [6.07, 6.45) is 0. The molecule has 0 bridgehead atoms. The maximum atomic E-state index is 11.5. The number of nitriles is 1. The van der Waals surface area contributed by atoms with Gasteiger partial charge in [0.25, 0.3) is 0 Å². The second-order valence-corrected chi connectivity index (χ2v) is 4.00. The van der Waals surface area contributed by atoms with Crippen LogP contribution in [0.3, 0.4) is 0 Å². The van der Waals surface area contributed by atoms with Gasteiger partial charge in [0.15, 0.2) is 0 Å². The molecule has 1 aromatic heterocycles. The topological polar surface area (TPSA) is 70.7 Å². The van der Waals surface area contributed by atoms with Crippen molar-refractivity contribution < 1.29 is 4.79 Å². The number of alkyl halides is 1. The Morgan fingerprint density at radius 1 is 1.61 bits per heavy atom. The third-order valence-electron chi connectivity index (χ3n) is 2.66. The minimum absolute atomic E-state index is 0.136. The summed E-state index contributed by atoms with van der Waals surface area (Å²) in [5, 5.41) is 11.4. The molecule has 0 atom stereocenters. The van der Waals surface area contributed by atoms with E-state index >= 15 is 0 Å². The summed E-state index contributed by atoms with van der Waals surface area (Å²) >= 11 is 5.82. The zero-order chi connectivity index (χ0) is 13.1. The molecular formula is C12H11ClN4O. The number of hydrogen-bond acceptors (Lipinski definition) is 3. The molecule has 0 aliphatic heterocycles. The molecule has 0 unspecified atom stereocenters. The number of halogens is 1. The van der Waals surface area contributed by atoms with Crippen molar-refractivity contribution >= 4 is 28.5 Å². The summed E-state index contributed by atoms with van der Waals surface area (Å²) in [6, 6.07) is 7.22. The fraction of sp³-hybridized carbons (Fsp3) is 0.250. The highest BCUT2D eigenvalue weighted by atomic mass is 35.5. The van der Waals surface area contributed by atoms with Crippen LogP contribution in [0.5, 0.6) is 0 Å². The van der Waals surface area contributed by atoms with Gasteiger partial charge >= 0.3 is 0 Å². The molecule has 92 valence electrons. The smallest absolute Gasteiger partial charge is 0.239 e. The number of likely N-dealkylation sites (N-methyl/N-ethyl adjacent to an activating group) is 1. The Kier molecular flexibility index (Phi) is 3.49. The van der Waals surface area contributed by atoms with Gasteiger partial charge in [-0.15, -0.1) is 11.6 Å². The number of hydrogen-bond donors (Lipinski definition) is 1. The van der Waals surface area contributed by atoms with Gasteiger partial charge in [-0.05, 0) is 18.2 Å². The van der Waals surface area contributed by atoms with E-state index in [0.717, 1.165) is 11.0 Å². The highest BCUT2D eigenvalue weighted by molar-refractivity contribution is 6.16. The summed E-state index contributed by atoms with van der Waals surface area (Å²) in [6.45, 7) is 0.143. The molecule has 5 nitrogen and oxygen atoms in total. The number of benzene rings is 1. The Morgan fingerprint density at radius 2 is 2.39 bits per heavy atom. The quantitative estimate of drug-likeness (QED) is 0.850. The van der Waals surface area contributed by atoms with Crippen molar-refractivity contribution in [1.82, 2.24) is 14.9 Å². The van der Waals surface area contributed by atoms with Crippen molar-refractivity contribution in [3.63, 3.8) is 0 Å². The number of nitrogens with zero attached hydrogens (tertiary/aromatic N) is 3. The van der Waals surface area contributed by atoms with E-state index in [-0.39, 0.29) is 18.3 Å². The van der Waals surface area contributed by atoms with Crippen molar-refractivity contribution in [3.8, 4) is 6.07 Å². The largest absolute Gasteiger partial charge is 0.358 e. The molecule has 0 fully saturated rings. The molecule has 0 spiro atoms. The molecule has 1 amide bonds. The fourth-order valence-corrected chi connectivity index (χ4v) is 1.95. The lowest BCUT2D eigenvalue weighted by atomic mass is 10.2. The van der Waals surface area contributed by atoms with E-state index in [2.05, 4.69) is 16.4 Å². The molecule has 1 heterocycles. The number of rotatable bonds is 3. The predicted octanol–water partition coefficient (Wildman–Crippen LogP) is 1.39. The van der Waals surface area contributed by atoms with Crippen LogP contribution in [0.1, 0.15) is 11.4 Å². The molecule has 1 N–H and O–H groups in total. The van der Waals surface area contributed by atoms with Crippen LogP contribution in [0, 0.1) is 11.3 Å². The highest BCUT2D eigenvalue weighted by Gasteiger charge is 2.12. The first-order chi connectivity index (χ1) is 8.69. The zero-order valence-electron chi connectivity index (χ0n) is 9.77. The van der Waals surface area contributed by atoms with E-state index in [4.69, 9.17) is 16.9 Å². The van der Waals surface area contributed by atoms with Gasteiger partial charge in [0.1, 0.15) is 12.4 Å². The predicted molar refractivity (Wildman–Crippen MR) is 68.1 cm³/mol. The number of amides is 1. The summed E-state index contributed by atoms with van der Waals surface area (Å²) in [5.41, 5.74) is 2.00. The minimum Gasteiger partial charge on any atom is -0.358 e. The van der Waals surface area contributed by atoms with E-state index in [9.17, 15) is 4.79 Å². The zero-order valence-corrected chi connectivity index (χ0v) is 10.5. The van der Waals surface area contributed by atoms with Crippen LogP contribution in [-0.4, -0.2) is 22.5 Å². The summed E-state index contributed by atoms with van der Waals surface area (Å²) in [5.74, 6) is 0.696. The maximum Gasteiger partial charge on any atom is 0.239 e. The Labute approximate surface area is 109 Å². The average molecular weight is 263 g/mol. The average Bonchev–Trinajstić information content (AvgIpc) is 2.75. The van der Waals surface area contributed by atoms with Crippen molar-refractivity contribution in [2.45, 2.75) is 12.4 Å². The maximum absolute atomic E-state index is 11.5. The van der Waals surface area contributed by atoms with Crippen molar-refractivity contribution in [3.05, 3.63) is 29.6 Å². The Bertz CT molecular complexity index is 641. The monoisotopic (exact) mass is 262 g/mol. The summed E-state index contributed by atoms with van der Waals surface area (Å²) in [4.78, 5) is 15.8. The molecule has 2 aromatic rings. The molecule has 1 aromatic carbocycles. The first-order valence-electron chi connectivity index (χ1n) is 5.35. The third kappa shape index (κ3) is 2.15. The number of fused-ring (bicyclic) bond motifs is 1. The van der Waals surface area contributed by atoms with Crippen LogP contribution < -0.4 is 5.32 Å². The molecule has 6 heteroatoms. The first kappa shape index (κ1) is 12.4. The molecule has 18 heavy (non-hydrogen) atoms. The second kappa shape index (κ2) is 5.07. The molecular weight excluding hydrogens is 252 g/mol. The van der Waals surface area contributed by atoms with Crippen molar-refractivity contribution in [2.75, 3.05) is 7.05 Å². The Morgan fingerprint density at radius 3 is 3.00 bits per heavy atom. The van der Waals surface area contributed by atoms with Crippen LogP contribution in [0.15, 0.2) is 18.2 Å². The van der Waals surface area contributed by atoms with Crippen LogP contribution in [0.2, 0.25) is 0 Å². The standard InChI is InChI=1S/C12H11ClN4O/c1-15-12(18)7-17-10-4-8(6-14)2-3-9(10)16-11(17)5-13/h2-4H,5,7H2,1H3,(H,15,18). The van der Waals surface area contributed by atoms with Crippen molar-refractivity contribution in [1.29, 1.82) is 5.26 Å². The van der Waals surface area contributed by atoms with Crippen LogP contribution >= 0.6 is 11.6 Å². The van der Waals surface area contributed by atoms with Gasteiger partial charge in [-0.2, -0.15) is 5.26 Å². The fourth-order valence-electron chi connectivity index (χ4n) is 1.74. The van der Waals surface area contributed by atoms with Gasteiger partial charge in [0, 0.05) is 7.05 Å². The Balaban J connectivity index is 2.59. The van der Waals surface area contributed by atoms with Crippen LogP contribution in [0.25, 0.3) is 11.0 Å². The van der Waals surface area contributed by atoms with E-state index in [1.807, 2.05) is 0 Å². The van der Waals surface area contributed by atoms with E-state index in [0.29, 0.717) is 11.4 Å². The molecule has 2 rings (SSSR count). The minimum atomic E-state index is -0.136. The normalized spacial score (nSPS) is 10.3. The lowest BCUT2D eigenvalue weighted by Gasteiger charge is -2.06. The van der Waals surface area contributed by atoms with E-state index < -0.39 is 0 Å². The molecule has 0 saturated heterocycles. The number of aromatic nitrogens is 2. The van der Waals surface area contributed by atoms with Gasteiger partial charge < -0.3 is 9.88 Å². The van der Waals surface area contributed by atoms with Crippen LogP contribution in [-0.2, 0) is 17.2 Å². The summed E-state index contributed by atoms with van der Waals surface area (Å²) in [7, 11) is 1.57. The van der Waals surface area contributed by atoms with Gasteiger partial charge in [-0.3, -0.25) is 4.79 Å². The SMILES string of the molecule is CNC(=O)Cn1c(CCl)nc2ccc(C#N)cc21. The Hall–Kier alpha value is -2.06. The number of carbonyl (C=O) groups is 1. The number of carbonyl (C=O) groups excluding carboxylic acids is 1. The molecule has 0 radical (unpaired) electrons. The van der Waals surface area contributed by atoms with Crippen LogP contribution in [0.4, 0.5) is 0 Å². The van der Waals surface area contributed by atoms with Gasteiger partial charge in [0.2, 0.25) is 5.91 Å².